The van der Waals surface area contributed by atoms with Crippen LogP contribution in [-0.4, -0.2) is 6.54 Å². The Labute approximate surface area is 133 Å². The van der Waals surface area contributed by atoms with Gasteiger partial charge < -0.3 is 5.32 Å². The number of nitrogens with one attached hydrogen (secondary N) is 1. The molecule has 0 amide bonds. The number of rotatable bonds is 5. The van der Waals surface area contributed by atoms with Gasteiger partial charge in [0.1, 0.15) is 0 Å². The third-order valence-electron chi connectivity index (χ3n) is 3.15. The molecule has 1 unspecified atom stereocenters. The van der Waals surface area contributed by atoms with Crippen LogP contribution in [0.3, 0.4) is 0 Å². The second-order valence-corrected chi connectivity index (χ2v) is 7.35. The summed E-state index contributed by atoms with van der Waals surface area (Å²) in [6.07, 6.45) is 0. The largest absolute Gasteiger partial charge is 0.309 e. The van der Waals surface area contributed by atoms with Crippen LogP contribution in [0.4, 0.5) is 0 Å². The van der Waals surface area contributed by atoms with Crippen molar-refractivity contribution in [2.24, 2.45) is 5.92 Å². The minimum Gasteiger partial charge on any atom is -0.309 e. The topological polar surface area (TPSA) is 12.0 Å². The highest BCUT2D eigenvalue weighted by molar-refractivity contribution is 14.1. The van der Waals surface area contributed by atoms with Crippen molar-refractivity contribution in [3.05, 3.63) is 44.8 Å². The minimum absolute atomic E-state index is 0.465. The molecule has 1 aromatic carbocycles. The molecular weight excluding hydrogens is 365 g/mol. The standard InChI is InChI=1S/C16H20INS/c1-4-18-16(11(2)3)15-10-9-14(19-15)12-5-7-13(17)8-6-12/h5-11,16,18H,4H2,1-3H3. The first-order valence-electron chi connectivity index (χ1n) is 6.71. The van der Waals surface area contributed by atoms with E-state index in [0.717, 1.165) is 6.54 Å². The summed E-state index contributed by atoms with van der Waals surface area (Å²) in [4.78, 5) is 2.79. The Bertz CT molecular complexity index is 516. The fraction of sp³-hybridized carbons (Fsp3) is 0.375. The molecule has 0 radical (unpaired) electrons. The van der Waals surface area contributed by atoms with E-state index < -0.39 is 0 Å². The van der Waals surface area contributed by atoms with Gasteiger partial charge in [0, 0.05) is 19.4 Å². The number of hydrogen-bond donors (Lipinski definition) is 1. The third-order valence-corrected chi connectivity index (χ3v) is 5.09. The lowest BCUT2D eigenvalue weighted by Crippen LogP contribution is -2.24. The average molecular weight is 385 g/mol. The normalized spacial score (nSPS) is 12.9. The number of hydrogen-bond acceptors (Lipinski definition) is 2. The van der Waals surface area contributed by atoms with E-state index in [1.165, 1.54) is 18.9 Å². The Kier molecular flexibility index (Phi) is 5.42. The van der Waals surface area contributed by atoms with Crippen LogP contribution in [0.1, 0.15) is 31.7 Å². The molecule has 1 heterocycles. The van der Waals surface area contributed by atoms with Crippen molar-refractivity contribution in [3.8, 4) is 10.4 Å². The van der Waals surface area contributed by atoms with Gasteiger partial charge in [-0.1, -0.05) is 32.9 Å². The van der Waals surface area contributed by atoms with Gasteiger partial charge in [-0.2, -0.15) is 0 Å². The molecule has 0 aliphatic rings. The molecule has 19 heavy (non-hydrogen) atoms. The summed E-state index contributed by atoms with van der Waals surface area (Å²) in [5.41, 5.74) is 1.32. The molecule has 0 aliphatic heterocycles. The highest BCUT2D eigenvalue weighted by atomic mass is 127. The molecule has 1 nitrogen and oxygen atoms in total. The zero-order chi connectivity index (χ0) is 13.8. The highest BCUT2D eigenvalue weighted by Gasteiger charge is 2.16. The van der Waals surface area contributed by atoms with Gasteiger partial charge in [0.2, 0.25) is 0 Å². The molecule has 0 aliphatic carbocycles. The van der Waals surface area contributed by atoms with Gasteiger partial charge in [-0.3, -0.25) is 0 Å². The van der Waals surface area contributed by atoms with Gasteiger partial charge in [-0.15, -0.1) is 11.3 Å². The number of benzene rings is 1. The monoisotopic (exact) mass is 385 g/mol. The van der Waals surface area contributed by atoms with Gasteiger partial charge in [-0.05, 0) is 64.9 Å². The fourth-order valence-electron chi connectivity index (χ4n) is 2.17. The Hall–Kier alpha value is -0.390. The van der Waals surface area contributed by atoms with Crippen molar-refractivity contribution < 1.29 is 0 Å². The van der Waals surface area contributed by atoms with E-state index >= 15 is 0 Å². The van der Waals surface area contributed by atoms with Crippen molar-refractivity contribution in [2.75, 3.05) is 6.54 Å². The summed E-state index contributed by atoms with van der Waals surface area (Å²) < 4.78 is 1.28. The quantitative estimate of drug-likeness (QED) is 0.687. The molecular formula is C16H20INS. The molecule has 0 bridgehead atoms. The summed E-state index contributed by atoms with van der Waals surface area (Å²) in [7, 11) is 0. The van der Waals surface area contributed by atoms with E-state index in [1.807, 2.05) is 11.3 Å². The summed E-state index contributed by atoms with van der Waals surface area (Å²) in [5, 5.41) is 3.58. The first-order valence-corrected chi connectivity index (χ1v) is 8.60. The van der Waals surface area contributed by atoms with Crippen molar-refractivity contribution in [2.45, 2.75) is 26.8 Å². The smallest absolute Gasteiger partial charge is 0.0438 e. The van der Waals surface area contributed by atoms with Gasteiger partial charge in [0.05, 0.1) is 0 Å². The van der Waals surface area contributed by atoms with Crippen LogP contribution in [0, 0.1) is 9.49 Å². The number of thiophene rings is 1. The maximum Gasteiger partial charge on any atom is 0.0438 e. The van der Waals surface area contributed by atoms with Gasteiger partial charge in [0.25, 0.3) is 0 Å². The Balaban J connectivity index is 2.24. The first kappa shape index (κ1) is 15.0. The number of halogens is 1. The molecule has 0 saturated heterocycles. The maximum absolute atomic E-state index is 3.58. The molecule has 1 atom stereocenters. The van der Waals surface area contributed by atoms with Crippen molar-refractivity contribution >= 4 is 33.9 Å². The van der Waals surface area contributed by atoms with Gasteiger partial charge in [-0.25, -0.2) is 0 Å². The minimum atomic E-state index is 0.465. The average Bonchev–Trinajstić information content (AvgIpc) is 2.85. The second-order valence-electron chi connectivity index (χ2n) is 4.99. The predicted octanol–water partition coefficient (Wildman–Crippen LogP) is 5.33. The van der Waals surface area contributed by atoms with Crippen molar-refractivity contribution in [1.82, 2.24) is 5.32 Å². The molecule has 102 valence electrons. The highest BCUT2D eigenvalue weighted by Crippen LogP contribution is 2.34. The van der Waals surface area contributed by atoms with Crippen molar-refractivity contribution in [1.29, 1.82) is 0 Å². The van der Waals surface area contributed by atoms with Gasteiger partial charge >= 0.3 is 0 Å². The van der Waals surface area contributed by atoms with Crippen LogP contribution in [0.5, 0.6) is 0 Å². The summed E-state index contributed by atoms with van der Waals surface area (Å²) >= 11 is 4.25. The Morgan fingerprint density at radius 1 is 1.11 bits per heavy atom. The molecule has 2 aromatic rings. The van der Waals surface area contributed by atoms with E-state index in [-0.39, 0.29) is 0 Å². The summed E-state index contributed by atoms with van der Waals surface area (Å²) in [6, 6.07) is 13.7. The second kappa shape index (κ2) is 6.86. The first-order chi connectivity index (χ1) is 9.11. The van der Waals surface area contributed by atoms with E-state index in [4.69, 9.17) is 0 Å². The van der Waals surface area contributed by atoms with E-state index in [0.29, 0.717) is 12.0 Å². The predicted molar refractivity (Wildman–Crippen MR) is 93.7 cm³/mol. The Morgan fingerprint density at radius 2 is 1.79 bits per heavy atom. The van der Waals surface area contributed by atoms with Crippen LogP contribution in [-0.2, 0) is 0 Å². The van der Waals surface area contributed by atoms with Gasteiger partial charge in [0.15, 0.2) is 0 Å². The third kappa shape index (κ3) is 3.80. The maximum atomic E-state index is 3.58. The molecule has 0 saturated carbocycles. The van der Waals surface area contributed by atoms with E-state index in [1.54, 1.807) is 0 Å². The molecule has 0 fully saturated rings. The van der Waals surface area contributed by atoms with E-state index in [9.17, 15) is 0 Å². The summed E-state index contributed by atoms with van der Waals surface area (Å²) in [5.74, 6) is 0.614. The van der Waals surface area contributed by atoms with Crippen LogP contribution in [0.15, 0.2) is 36.4 Å². The molecule has 0 spiro atoms. The lowest BCUT2D eigenvalue weighted by Gasteiger charge is -2.20. The lowest BCUT2D eigenvalue weighted by molar-refractivity contribution is 0.428. The Morgan fingerprint density at radius 3 is 2.37 bits per heavy atom. The zero-order valence-corrected chi connectivity index (χ0v) is 14.6. The fourth-order valence-corrected chi connectivity index (χ4v) is 3.80. The van der Waals surface area contributed by atoms with Crippen LogP contribution >= 0.6 is 33.9 Å². The SMILES string of the molecule is CCNC(c1ccc(-c2ccc(I)cc2)s1)C(C)C. The van der Waals surface area contributed by atoms with Crippen LogP contribution in [0.25, 0.3) is 10.4 Å². The zero-order valence-electron chi connectivity index (χ0n) is 11.6. The van der Waals surface area contributed by atoms with Crippen LogP contribution < -0.4 is 5.32 Å². The lowest BCUT2D eigenvalue weighted by atomic mass is 10.0. The van der Waals surface area contributed by atoms with Crippen molar-refractivity contribution in [3.63, 3.8) is 0 Å². The molecule has 2 rings (SSSR count). The summed E-state index contributed by atoms with van der Waals surface area (Å²) in [6.45, 7) is 7.73. The molecule has 3 heteroatoms. The molecule has 1 aromatic heterocycles. The van der Waals surface area contributed by atoms with Crippen LogP contribution in [0.2, 0.25) is 0 Å². The molecule has 1 N–H and O–H groups in total. The van der Waals surface area contributed by atoms with E-state index in [2.05, 4.69) is 85.1 Å².